The average Bonchev–Trinajstić information content (AvgIpc) is 2.76. The molecule has 17 heavy (non-hydrogen) atoms. The summed E-state index contributed by atoms with van der Waals surface area (Å²) in [5.41, 5.74) is 0.933. The minimum atomic E-state index is -0.119. The first-order valence-corrected chi connectivity index (χ1v) is 5.97. The molecule has 5 heteroatoms. The molecule has 4 nitrogen and oxygen atoms in total. The predicted octanol–water partition coefficient (Wildman–Crippen LogP) is 1.73. The molecule has 1 aromatic rings. The lowest BCUT2D eigenvalue weighted by atomic mass is 10.1. The second kappa shape index (κ2) is 5.47. The van der Waals surface area contributed by atoms with Crippen LogP contribution in [0.3, 0.4) is 0 Å². The quantitative estimate of drug-likeness (QED) is 0.771. The number of likely N-dealkylation sites (tertiary alicyclic amines) is 1. The van der Waals surface area contributed by atoms with Crippen LogP contribution in [0.15, 0.2) is 18.3 Å². The molecule has 1 aromatic heterocycles. The molecule has 1 aliphatic heterocycles. The van der Waals surface area contributed by atoms with Gasteiger partial charge in [0.25, 0.3) is 0 Å². The van der Waals surface area contributed by atoms with Gasteiger partial charge < -0.3 is 4.74 Å². The molecule has 1 fully saturated rings. The van der Waals surface area contributed by atoms with Gasteiger partial charge in [-0.1, -0.05) is 11.6 Å². The Bertz CT molecular complexity index is 411. The molecule has 0 radical (unpaired) electrons. The molecule has 92 valence electrons. The maximum absolute atomic E-state index is 11.4. The van der Waals surface area contributed by atoms with Gasteiger partial charge in [0.15, 0.2) is 0 Å². The van der Waals surface area contributed by atoms with E-state index in [0.717, 1.165) is 31.7 Å². The minimum Gasteiger partial charge on any atom is -0.469 e. The molecule has 0 spiro atoms. The number of methoxy groups -OCH3 is 1. The molecule has 0 aliphatic carbocycles. The number of hydrogen-bond acceptors (Lipinski definition) is 4. The number of halogens is 1. The fourth-order valence-corrected chi connectivity index (χ4v) is 2.28. The Morgan fingerprint density at radius 1 is 1.71 bits per heavy atom. The van der Waals surface area contributed by atoms with Crippen molar-refractivity contribution in [3.05, 3.63) is 29.0 Å². The number of esters is 1. The van der Waals surface area contributed by atoms with E-state index < -0.39 is 0 Å². The van der Waals surface area contributed by atoms with E-state index in [1.807, 2.05) is 6.07 Å². The van der Waals surface area contributed by atoms with Crippen LogP contribution < -0.4 is 0 Å². The lowest BCUT2D eigenvalue weighted by Gasteiger charge is -2.14. The van der Waals surface area contributed by atoms with E-state index >= 15 is 0 Å². The van der Waals surface area contributed by atoms with Crippen molar-refractivity contribution < 1.29 is 9.53 Å². The summed E-state index contributed by atoms with van der Waals surface area (Å²) in [4.78, 5) is 17.8. The first-order chi connectivity index (χ1) is 8.19. The first-order valence-electron chi connectivity index (χ1n) is 5.59. The van der Waals surface area contributed by atoms with E-state index in [9.17, 15) is 4.79 Å². The minimum absolute atomic E-state index is 0.000755. The highest BCUT2D eigenvalue weighted by Crippen LogP contribution is 2.19. The van der Waals surface area contributed by atoms with Crippen LogP contribution in [0.25, 0.3) is 0 Å². The van der Waals surface area contributed by atoms with Crippen molar-refractivity contribution in [2.24, 2.45) is 5.92 Å². The maximum atomic E-state index is 11.4. The first kappa shape index (κ1) is 12.3. The van der Waals surface area contributed by atoms with Crippen LogP contribution in [0.1, 0.15) is 12.1 Å². The van der Waals surface area contributed by atoms with E-state index in [1.54, 1.807) is 12.3 Å². The number of aromatic nitrogens is 1. The molecule has 0 N–H and O–H groups in total. The summed E-state index contributed by atoms with van der Waals surface area (Å²) in [6.07, 6.45) is 2.55. The van der Waals surface area contributed by atoms with E-state index in [1.165, 1.54) is 7.11 Å². The molecule has 1 aliphatic rings. The summed E-state index contributed by atoms with van der Waals surface area (Å²) in [6.45, 7) is 2.36. The van der Waals surface area contributed by atoms with Gasteiger partial charge in [-0.15, -0.1) is 0 Å². The van der Waals surface area contributed by atoms with Crippen LogP contribution in [0.4, 0.5) is 0 Å². The lowest BCUT2D eigenvalue weighted by Crippen LogP contribution is -2.24. The van der Waals surface area contributed by atoms with E-state index in [0.29, 0.717) is 5.02 Å². The second-order valence-electron chi connectivity index (χ2n) is 4.21. The number of nitrogens with zero attached hydrogens (tertiary/aromatic N) is 2. The molecule has 2 heterocycles. The normalized spacial score (nSPS) is 20.5. The summed E-state index contributed by atoms with van der Waals surface area (Å²) in [7, 11) is 1.43. The smallest absolute Gasteiger partial charge is 0.310 e. The van der Waals surface area contributed by atoms with Gasteiger partial charge in [-0.25, -0.2) is 0 Å². The van der Waals surface area contributed by atoms with Gasteiger partial charge in [-0.05, 0) is 25.1 Å². The van der Waals surface area contributed by atoms with Crippen LogP contribution >= 0.6 is 11.6 Å². The van der Waals surface area contributed by atoms with Crippen molar-refractivity contribution in [1.29, 1.82) is 0 Å². The third-order valence-electron chi connectivity index (χ3n) is 2.97. The fourth-order valence-electron chi connectivity index (χ4n) is 2.10. The number of carbonyl (C=O) groups excluding carboxylic acids is 1. The Labute approximate surface area is 106 Å². The van der Waals surface area contributed by atoms with Crippen LogP contribution in [-0.2, 0) is 16.1 Å². The highest BCUT2D eigenvalue weighted by atomic mass is 35.5. The number of pyridine rings is 1. The van der Waals surface area contributed by atoms with E-state index in [4.69, 9.17) is 16.3 Å². The molecule has 1 saturated heterocycles. The Morgan fingerprint density at radius 2 is 2.53 bits per heavy atom. The Balaban J connectivity index is 1.92. The maximum Gasteiger partial charge on any atom is 0.310 e. The highest BCUT2D eigenvalue weighted by Gasteiger charge is 2.28. The Kier molecular flexibility index (Phi) is 3.97. The SMILES string of the molecule is COC(=O)C1CCN(Cc2cc(Cl)ccn2)C1. The van der Waals surface area contributed by atoms with Gasteiger partial charge >= 0.3 is 5.97 Å². The third kappa shape index (κ3) is 3.17. The number of hydrogen-bond donors (Lipinski definition) is 0. The molecular formula is C12H15ClN2O2. The zero-order valence-electron chi connectivity index (χ0n) is 9.73. The molecule has 1 atom stereocenters. The summed E-state index contributed by atoms with van der Waals surface area (Å²) < 4.78 is 4.75. The lowest BCUT2D eigenvalue weighted by molar-refractivity contribution is -0.144. The average molecular weight is 255 g/mol. The van der Waals surface area contributed by atoms with Gasteiger partial charge in [0.1, 0.15) is 0 Å². The molecule has 0 amide bonds. The Hall–Kier alpha value is -1.13. The van der Waals surface area contributed by atoms with Crippen molar-refractivity contribution in [2.45, 2.75) is 13.0 Å². The topological polar surface area (TPSA) is 42.4 Å². The number of ether oxygens (including phenoxy) is 1. The van der Waals surface area contributed by atoms with Gasteiger partial charge in [-0.3, -0.25) is 14.7 Å². The molecule has 0 saturated carbocycles. The van der Waals surface area contributed by atoms with Crippen molar-refractivity contribution >= 4 is 17.6 Å². The zero-order valence-corrected chi connectivity index (χ0v) is 10.5. The zero-order chi connectivity index (χ0) is 12.3. The molecule has 2 rings (SSSR count). The molecular weight excluding hydrogens is 240 g/mol. The van der Waals surface area contributed by atoms with Crippen molar-refractivity contribution in [1.82, 2.24) is 9.88 Å². The van der Waals surface area contributed by atoms with Crippen LogP contribution in [-0.4, -0.2) is 36.1 Å². The van der Waals surface area contributed by atoms with Gasteiger partial charge in [0.05, 0.1) is 18.7 Å². The summed E-state index contributed by atoms with van der Waals surface area (Å²) in [5.74, 6) is -0.120. The van der Waals surface area contributed by atoms with Gasteiger partial charge in [0.2, 0.25) is 0 Å². The van der Waals surface area contributed by atoms with Crippen molar-refractivity contribution in [2.75, 3.05) is 20.2 Å². The monoisotopic (exact) mass is 254 g/mol. The fraction of sp³-hybridized carbons (Fsp3) is 0.500. The standard InChI is InChI=1S/C12H15ClN2O2/c1-17-12(16)9-3-5-15(7-9)8-11-6-10(13)2-4-14-11/h2,4,6,9H,3,5,7-8H2,1H3. The Morgan fingerprint density at radius 3 is 3.24 bits per heavy atom. The predicted molar refractivity (Wildman–Crippen MR) is 64.6 cm³/mol. The molecule has 0 bridgehead atoms. The second-order valence-corrected chi connectivity index (χ2v) is 4.65. The van der Waals surface area contributed by atoms with Crippen molar-refractivity contribution in [3.8, 4) is 0 Å². The molecule has 0 aromatic carbocycles. The van der Waals surface area contributed by atoms with Crippen LogP contribution in [0.2, 0.25) is 5.02 Å². The van der Waals surface area contributed by atoms with Gasteiger partial charge in [-0.2, -0.15) is 0 Å². The summed E-state index contributed by atoms with van der Waals surface area (Å²) in [6, 6.07) is 3.61. The van der Waals surface area contributed by atoms with Crippen molar-refractivity contribution in [3.63, 3.8) is 0 Å². The number of carbonyl (C=O) groups is 1. The largest absolute Gasteiger partial charge is 0.469 e. The van der Waals surface area contributed by atoms with E-state index in [2.05, 4.69) is 9.88 Å². The van der Waals surface area contributed by atoms with Gasteiger partial charge in [0, 0.05) is 24.3 Å². The van der Waals surface area contributed by atoms with Crippen LogP contribution in [0.5, 0.6) is 0 Å². The number of rotatable bonds is 3. The summed E-state index contributed by atoms with van der Waals surface area (Å²) >= 11 is 5.90. The molecule has 1 unspecified atom stereocenters. The highest BCUT2D eigenvalue weighted by molar-refractivity contribution is 6.30. The summed E-state index contributed by atoms with van der Waals surface area (Å²) in [5, 5.41) is 0.693. The third-order valence-corrected chi connectivity index (χ3v) is 3.21. The van der Waals surface area contributed by atoms with E-state index in [-0.39, 0.29) is 11.9 Å². The van der Waals surface area contributed by atoms with Crippen LogP contribution in [0, 0.1) is 5.92 Å².